The number of halogens is 1. The summed E-state index contributed by atoms with van der Waals surface area (Å²) >= 11 is 0. The molecule has 1 fully saturated rings. The first kappa shape index (κ1) is 12.5. The van der Waals surface area contributed by atoms with Crippen LogP contribution in [0.2, 0.25) is 0 Å². The van der Waals surface area contributed by atoms with E-state index in [1.54, 1.807) is 0 Å². The quantitative estimate of drug-likeness (QED) is 0.857. The second-order valence-corrected chi connectivity index (χ2v) is 4.36. The fraction of sp³-hybridized carbons (Fsp3) is 0.417. The summed E-state index contributed by atoms with van der Waals surface area (Å²) in [6, 6.07) is 1.15. The van der Waals surface area contributed by atoms with Crippen LogP contribution >= 0.6 is 0 Å². The zero-order valence-corrected chi connectivity index (χ0v) is 9.60. The maximum absolute atomic E-state index is 12.9. The van der Waals surface area contributed by atoms with E-state index in [-0.39, 0.29) is 11.6 Å². The van der Waals surface area contributed by atoms with Crippen LogP contribution in [0.1, 0.15) is 19.3 Å². The Bertz CT molecular complexity index is 478. The summed E-state index contributed by atoms with van der Waals surface area (Å²) in [5.74, 6) is -3.08. The molecule has 1 saturated carbocycles. The number of carboxylic acid groups (broad SMARTS) is 1. The third-order valence-electron chi connectivity index (χ3n) is 3.14. The van der Waals surface area contributed by atoms with E-state index in [0.29, 0.717) is 12.8 Å². The molecule has 1 aromatic heterocycles. The number of anilines is 1. The van der Waals surface area contributed by atoms with E-state index in [4.69, 9.17) is 5.11 Å². The second-order valence-electron chi connectivity index (χ2n) is 4.36. The second kappa shape index (κ2) is 5.12. The highest BCUT2D eigenvalue weighted by Crippen LogP contribution is 2.32. The highest BCUT2D eigenvalue weighted by atomic mass is 19.1. The van der Waals surface area contributed by atoms with Gasteiger partial charge in [-0.15, -0.1) is 0 Å². The monoisotopic (exact) mass is 252 g/mol. The number of pyridine rings is 1. The van der Waals surface area contributed by atoms with Gasteiger partial charge < -0.3 is 10.4 Å². The summed E-state index contributed by atoms with van der Waals surface area (Å²) in [5, 5.41) is 11.5. The van der Waals surface area contributed by atoms with Crippen LogP contribution in [-0.4, -0.2) is 22.0 Å². The Morgan fingerprint density at radius 2 is 2.06 bits per heavy atom. The van der Waals surface area contributed by atoms with Crippen LogP contribution in [0, 0.1) is 17.7 Å². The Morgan fingerprint density at radius 1 is 1.33 bits per heavy atom. The van der Waals surface area contributed by atoms with Crippen molar-refractivity contribution in [2.75, 3.05) is 5.32 Å². The highest BCUT2D eigenvalue weighted by molar-refractivity contribution is 5.95. The number of rotatable bonds is 3. The fourth-order valence-electron chi connectivity index (χ4n) is 2.28. The van der Waals surface area contributed by atoms with Crippen molar-refractivity contribution in [3.05, 3.63) is 24.3 Å². The van der Waals surface area contributed by atoms with E-state index in [2.05, 4.69) is 10.3 Å². The summed E-state index contributed by atoms with van der Waals surface area (Å²) < 4.78 is 12.9. The van der Waals surface area contributed by atoms with E-state index in [1.807, 2.05) is 0 Å². The van der Waals surface area contributed by atoms with Gasteiger partial charge in [-0.3, -0.25) is 14.6 Å². The Morgan fingerprint density at radius 3 is 2.72 bits per heavy atom. The maximum atomic E-state index is 12.9. The van der Waals surface area contributed by atoms with Crippen LogP contribution < -0.4 is 5.32 Å². The number of aromatic nitrogens is 1. The lowest BCUT2D eigenvalue weighted by molar-refractivity contribution is -0.145. The van der Waals surface area contributed by atoms with Crippen LogP contribution in [0.4, 0.5) is 10.1 Å². The largest absolute Gasteiger partial charge is 0.481 e. The van der Waals surface area contributed by atoms with Crippen molar-refractivity contribution in [2.45, 2.75) is 19.3 Å². The van der Waals surface area contributed by atoms with E-state index in [9.17, 15) is 14.0 Å². The average Bonchev–Trinajstić information content (AvgIpc) is 2.77. The van der Waals surface area contributed by atoms with Crippen molar-refractivity contribution in [1.82, 2.24) is 4.98 Å². The number of nitrogens with zero attached hydrogens (tertiary/aromatic N) is 1. The number of hydrogen-bond acceptors (Lipinski definition) is 3. The molecule has 1 amide bonds. The smallest absolute Gasteiger partial charge is 0.307 e. The highest BCUT2D eigenvalue weighted by Gasteiger charge is 2.37. The molecule has 2 rings (SSSR count). The van der Waals surface area contributed by atoms with Gasteiger partial charge in [-0.25, -0.2) is 4.39 Å². The lowest BCUT2D eigenvalue weighted by Gasteiger charge is -2.15. The van der Waals surface area contributed by atoms with Crippen molar-refractivity contribution >= 4 is 17.6 Å². The van der Waals surface area contributed by atoms with Crippen molar-refractivity contribution in [3.8, 4) is 0 Å². The minimum absolute atomic E-state index is 0.246. The number of nitrogens with one attached hydrogen (secondary N) is 1. The number of hydrogen-bond donors (Lipinski definition) is 2. The van der Waals surface area contributed by atoms with Gasteiger partial charge in [0.25, 0.3) is 0 Å². The first-order valence-corrected chi connectivity index (χ1v) is 5.72. The number of carboxylic acids is 1. The molecule has 0 spiro atoms. The summed E-state index contributed by atoms with van der Waals surface area (Å²) in [7, 11) is 0. The Labute approximate surface area is 103 Å². The van der Waals surface area contributed by atoms with Gasteiger partial charge in [0, 0.05) is 6.07 Å². The van der Waals surface area contributed by atoms with E-state index in [1.165, 1.54) is 6.20 Å². The lowest BCUT2D eigenvalue weighted by atomic mass is 9.95. The number of carbonyl (C=O) groups is 2. The predicted molar refractivity (Wildman–Crippen MR) is 61.3 cm³/mol. The van der Waals surface area contributed by atoms with Crippen LogP contribution in [-0.2, 0) is 9.59 Å². The topological polar surface area (TPSA) is 79.3 Å². The summed E-state index contributed by atoms with van der Waals surface area (Å²) in [5.41, 5.74) is 0.246. The molecule has 0 bridgehead atoms. The zero-order chi connectivity index (χ0) is 13.1. The van der Waals surface area contributed by atoms with Crippen molar-refractivity contribution in [2.24, 2.45) is 11.8 Å². The Balaban J connectivity index is 2.06. The van der Waals surface area contributed by atoms with Crippen LogP contribution in [0.25, 0.3) is 0 Å². The number of carbonyl (C=O) groups excluding carboxylic acids is 1. The molecular weight excluding hydrogens is 239 g/mol. The minimum Gasteiger partial charge on any atom is -0.481 e. The number of amides is 1. The van der Waals surface area contributed by atoms with Crippen molar-refractivity contribution in [1.29, 1.82) is 0 Å². The molecule has 96 valence electrons. The molecule has 5 nitrogen and oxygen atoms in total. The van der Waals surface area contributed by atoms with Gasteiger partial charge in [0.05, 0.1) is 29.9 Å². The van der Waals surface area contributed by atoms with Gasteiger partial charge in [0.1, 0.15) is 5.82 Å². The van der Waals surface area contributed by atoms with Crippen molar-refractivity contribution < 1.29 is 19.1 Å². The third-order valence-corrected chi connectivity index (χ3v) is 3.14. The van der Waals surface area contributed by atoms with Gasteiger partial charge >= 0.3 is 5.97 Å². The molecule has 1 aliphatic carbocycles. The van der Waals surface area contributed by atoms with Gasteiger partial charge in [0.15, 0.2) is 0 Å². The lowest BCUT2D eigenvalue weighted by Crippen LogP contribution is -2.30. The van der Waals surface area contributed by atoms with E-state index >= 15 is 0 Å². The normalized spacial score (nSPS) is 22.7. The molecule has 2 atom stereocenters. The number of aliphatic carboxylic acids is 1. The Kier molecular flexibility index (Phi) is 3.55. The van der Waals surface area contributed by atoms with Crippen LogP contribution in [0.3, 0.4) is 0 Å². The molecule has 6 heteroatoms. The SMILES string of the molecule is O=C(O)[C@H]1CCC[C@H]1C(=O)Nc1cncc(F)c1. The first-order valence-electron chi connectivity index (χ1n) is 5.72. The summed E-state index contributed by atoms with van der Waals surface area (Å²) in [4.78, 5) is 26.5. The van der Waals surface area contributed by atoms with Crippen molar-refractivity contribution in [3.63, 3.8) is 0 Å². The van der Waals surface area contributed by atoms with Crippen LogP contribution in [0.15, 0.2) is 18.5 Å². The molecule has 0 unspecified atom stereocenters. The van der Waals surface area contributed by atoms with Crippen LogP contribution in [0.5, 0.6) is 0 Å². The van der Waals surface area contributed by atoms with E-state index in [0.717, 1.165) is 18.7 Å². The molecule has 1 aromatic rings. The summed E-state index contributed by atoms with van der Waals surface area (Å²) in [6.45, 7) is 0. The standard InChI is InChI=1S/C12H13FN2O3/c13-7-4-8(6-14-5-7)15-11(16)9-2-1-3-10(9)12(17)18/h4-6,9-10H,1-3H2,(H,15,16)(H,17,18)/t9-,10+/m1/s1. The molecule has 0 saturated heterocycles. The maximum Gasteiger partial charge on any atom is 0.307 e. The zero-order valence-electron chi connectivity index (χ0n) is 9.60. The fourth-order valence-corrected chi connectivity index (χ4v) is 2.28. The van der Waals surface area contributed by atoms with E-state index < -0.39 is 23.6 Å². The first-order chi connectivity index (χ1) is 8.58. The predicted octanol–water partition coefficient (Wildman–Crippen LogP) is 1.66. The van der Waals surface area contributed by atoms with Gasteiger partial charge in [-0.2, -0.15) is 0 Å². The summed E-state index contributed by atoms with van der Waals surface area (Å²) in [6.07, 6.45) is 4.13. The average molecular weight is 252 g/mol. The Hall–Kier alpha value is -1.98. The molecule has 0 radical (unpaired) electrons. The molecular formula is C12H13FN2O3. The molecule has 18 heavy (non-hydrogen) atoms. The third kappa shape index (κ3) is 2.64. The molecule has 2 N–H and O–H groups in total. The molecule has 1 aliphatic rings. The minimum atomic E-state index is -0.954. The van der Waals surface area contributed by atoms with Gasteiger partial charge in [-0.1, -0.05) is 6.42 Å². The van der Waals surface area contributed by atoms with Gasteiger partial charge in [-0.05, 0) is 12.8 Å². The van der Waals surface area contributed by atoms with Gasteiger partial charge in [0.2, 0.25) is 5.91 Å². The molecule has 1 heterocycles. The molecule has 0 aromatic carbocycles. The molecule has 0 aliphatic heterocycles.